The topological polar surface area (TPSA) is 71.4 Å². The Morgan fingerprint density at radius 1 is 0.957 bits per heavy atom. The van der Waals surface area contributed by atoms with Crippen LogP contribution < -0.4 is 0 Å². The second-order valence-electron chi connectivity index (χ2n) is 4.59. The van der Waals surface area contributed by atoms with Gasteiger partial charge in [0, 0.05) is 23.4 Å². The van der Waals surface area contributed by atoms with Crippen LogP contribution in [-0.4, -0.2) is 11.5 Å². The molecule has 3 rings (SSSR count). The molecule has 0 saturated carbocycles. The molecule has 1 saturated heterocycles. The molecule has 0 atom stereocenters. The summed E-state index contributed by atoms with van der Waals surface area (Å²) in [6, 6.07) is 9.59. The summed E-state index contributed by atoms with van der Waals surface area (Å²) in [5.41, 5.74) is 0.0421. The number of fused-ring (bicyclic) bond motifs is 1. The molecule has 0 aromatic carbocycles. The Balaban J connectivity index is 1.95. The van der Waals surface area contributed by atoms with Crippen molar-refractivity contribution in [2.24, 2.45) is 0 Å². The van der Waals surface area contributed by atoms with Crippen molar-refractivity contribution in [3.8, 4) is 18.2 Å². The Bertz CT molecular complexity index is 885. The molecule has 7 heteroatoms. The van der Waals surface area contributed by atoms with Crippen molar-refractivity contribution >= 4 is 67.2 Å². The second-order valence-corrected chi connectivity index (χ2v) is 9.32. The molecule has 23 heavy (non-hydrogen) atoms. The molecule has 112 valence electrons. The van der Waals surface area contributed by atoms with Crippen molar-refractivity contribution in [1.29, 1.82) is 15.8 Å². The summed E-state index contributed by atoms with van der Waals surface area (Å²) < 4.78 is 3.54. The van der Waals surface area contributed by atoms with Crippen LogP contribution in [0.5, 0.6) is 0 Å². The molecule has 2 aromatic heterocycles. The molecule has 0 unspecified atom stereocenters. The highest BCUT2D eigenvalue weighted by molar-refractivity contribution is 8.23. The summed E-state index contributed by atoms with van der Waals surface area (Å²) >= 11 is 6.94. The number of nitrogens with zero attached hydrogens (tertiary/aromatic N) is 3. The predicted octanol–water partition coefficient (Wildman–Crippen LogP) is 5.46. The Hall–Kier alpha value is -1.69. The molecule has 1 aliphatic heterocycles. The zero-order chi connectivity index (χ0) is 16.2. The van der Waals surface area contributed by atoms with Gasteiger partial charge in [0.25, 0.3) is 0 Å². The van der Waals surface area contributed by atoms with Crippen LogP contribution in [0, 0.1) is 34.0 Å². The van der Waals surface area contributed by atoms with Crippen LogP contribution >= 0.6 is 46.2 Å². The van der Waals surface area contributed by atoms with Crippen molar-refractivity contribution in [3.63, 3.8) is 0 Å². The largest absolute Gasteiger partial charge is 0.192 e. The van der Waals surface area contributed by atoms with Gasteiger partial charge >= 0.3 is 0 Å². The Kier molecular flexibility index (Phi) is 5.10. The lowest BCUT2D eigenvalue weighted by Crippen LogP contribution is -1.90. The van der Waals surface area contributed by atoms with Gasteiger partial charge in [0.05, 0.1) is 5.57 Å². The monoisotopic (exact) mass is 371 g/mol. The van der Waals surface area contributed by atoms with Gasteiger partial charge in [0.15, 0.2) is 0 Å². The molecular weight excluding hydrogens is 362 g/mol. The fourth-order valence-electron chi connectivity index (χ4n) is 2.07. The van der Waals surface area contributed by atoms with E-state index in [1.54, 1.807) is 23.5 Å². The molecule has 0 spiro atoms. The van der Waals surface area contributed by atoms with E-state index in [0.29, 0.717) is 4.88 Å². The van der Waals surface area contributed by atoms with E-state index in [9.17, 15) is 5.26 Å². The fourth-order valence-corrected chi connectivity index (χ4v) is 6.98. The van der Waals surface area contributed by atoms with Gasteiger partial charge in [0.2, 0.25) is 0 Å². The maximum absolute atomic E-state index is 9.23. The summed E-state index contributed by atoms with van der Waals surface area (Å²) in [7, 11) is 0. The first-order valence-electron chi connectivity index (χ1n) is 6.70. The summed E-state index contributed by atoms with van der Waals surface area (Å²) in [4.78, 5) is 1.89. The van der Waals surface area contributed by atoms with E-state index >= 15 is 0 Å². The van der Waals surface area contributed by atoms with Gasteiger partial charge < -0.3 is 0 Å². The van der Waals surface area contributed by atoms with Crippen LogP contribution in [-0.2, 0) is 0 Å². The number of allylic oxidation sites excluding steroid dienone is 2. The minimum atomic E-state index is -0.126. The predicted molar refractivity (Wildman–Crippen MR) is 101 cm³/mol. The molecule has 0 N–H and O–H groups in total. The number of hydrogen-bond donors (Lipinski definition) is 0. The van der Waals surface area contributed by atoms with Crippen LogP contribution in [0.15, 0.2) is 21.9 Å². The summed E-state index contributed by atoms with van der Waals surface area (Å²) in [6.07, 6.45) is 3.49. The van der Waals surface area contributed by atoms with E-state index in [-0.39, 0.29) is 11.1 Å². The third-order valence-electron chi connectivity index (χ3n) is 3.10. The van der Waals surface area contributed by atoms with Gasteiger partial charge in [-0.3, -0.25) is 0 Å². The fraction of sp³-hybridized carbons (Fsp3) is 0.188. The van der Waals surface area contributed by atoms with Crippen molar-refractivity contribution < 1.29 is 0 Å². The average molecular weight is 372 g/mol. The highest BCUT2D eigenvalue weighted by Gasteiger charge is 2.14. The van der Waals surface area contributed by atoms with Crippen LogP contribution in [0.2, 0.25) is 0 Å². The van der Waals surface area contributed by atoms with Gasteiger partial charge in [-0.1, -0.05) is 0 Å². The normalized spacial score (nSPS) is 13.9. The van der Waals surface area contributed by atoms with Gasteiger partial charge in [-0.05, 0) is 36.1 Å². The number of thiophene rings is 2. The highest BCUT2D eigenvalue weighted by Crippen LogP contribution is 2.41. The van der Waals surface area contributed by atoms with Crippen LogP contribution in [0.4, 0.5) is 0 Å². The van der Waals surface area contributed by atoms with Gasteiger partial charge in [-0.15, -0.1) is 46.2 Å². The quantitative estimate of drug-likeness (QED) is 0.656. The Morgan fingerprint density at radius 2 is 1.65 bits per heavy atom. The second kappa shape index (κ2) is 7.25. The number of nitriles is 3. The van der Waals surface area contributed by atoms with Crippen molar-refractivity contribution in [2.75, 3.05) is 11.5 Å². The maximum atomic E-state index is 9.23. The van der Waals surface area contributed by atoms with Crippen molar-refractivity contribution in [3.05, 3.63) is 31.7 Å². The molecule has 0 bridgehead atoms. The van der Waals surface area contributed by atoms with Crippen LogP contribution in [0.3, 0.4) is 0 Å². The third kappa shape index (κ3) is 3.47. The molecule has 1 aliphatic rings. The zero-order valence-electron chi connectivity index (χ0n) is 11.8. The minimum absolute atomic E-state index is 0.126. The number of hydrogen-bond acceptors (Lipinski definition) is 7. The first kappa shape index (κ1) is 16.2. The average Bonchev–Trinajstić information content (AvgIpc) is 3.11. The number of thioether (sulfide) groups is 2. The van der Waals surface area contributed by atoms with Crippen molar-refractivity contribution in [1.82, 2.24) is 0 Å². The minimum Gasteiger partial charge on any atom is -0.192 e. The maximum Gasteiger partial charge on any atom is 0.148 e. The number of rotatable bonds is 2. The smallest absolute Gasteiger partial charge is 0.148 e. The van der Waals surface area contributed by atoms with Gasteiger partial charge in [-0.25, -0.2) is 0 Å². The van der Waals surface area contributed by atoms with E-state index < -0.39 is 0 Å². The van der Waals surface area contributed by atoms with E-state index in [4.69, 9.17) is 10.5 Å². The zero-order valence-corrected chi connectivity index (χ0v) is 15.1. The molecule has 1 fully saturated rings. The molecule has 0 radical (unpaired) electrons. The van der Waals surface area contributed by atoms with Gasteiger partial charge in [0.1, 0.15) is 23.8 Å². The first-order valence-corrected chi connectivity index (χ1v) is 10.3. The molecule has 2 aromatic rings. The lowest BCUT2D eigenvalue weighted by molar-refractivity contribution is 1.12. The Morgan fingerprint density at radius 3 is 2.26 bits per heavy atom. The van der Waals surface area contributed by atoms with E-state index in [2.05, 4.69) is 12.1 Å². The van der Waals surface area contributed by atoms with Crippen LogP contribution in [0.1, 0.15) is 16.2 Å². The lowest BCUT2D eigenvalue weighted by atomic mass is 10.1. The van der Waals surface area contributed by atoms with E-state index in [1.807, 2.05) is 35.7 Å². The molecule has 0 aliphatic carbocycles. The Labute approximate surface area is 150 Å². The summed E-state index contributed by atoms with van der Waals surface area (Å²) in [6.45, 7) is 0. The molecule has 3 nitrogen and oxygen atoms in total. The van der Waals surface area contributed by atoms with E-state index in [0.717, 1.165) is 9.40 Å². The third-order valence-corrected chi connectivity index (χ3v) is 7.85. The van der Waals surface area contributed by atoms with Gasteiger partial charge in [-0.2, -0.15) is 15.8 Å². The van der Waals surface area contributed by atoms with Crippen molar-refractivity contribution in [2.45, 2.75) is 6.42 Å². The highest BCUT2D eigenvalue weighted by atomic mass is 32.2. The SMILES string of the molecule is N#CC(C#N)=C(C#N)c1cc2sc(C=C3SCCCS3)cc2s1. The first-order chi connectivity index (χ1) is 11.2. The van der Waals surface area contributed by atoms with Crippen LogP contribution in [0.25, 0.3) is 21.0 Å². The summed E-state index contributed by atoms with van der Waals surface area (Å²) in [5, 5.41) is 27.1. The molecule has 0 amide bonds. The lowest BCUT2D eigenvalue weighted by Gasteiger charge is -2.11. The molecule has 3 heterocycles. The standard InChI is InChI=1S/C16H9N3S4/c17-7-10(8-18)12(9-19)13-6-15-14(23-13)4-11(22-15)5-16-20-2-1-3-21-16/h4-6H,1-3H2. The summed E-state index contributed by atoms with van der Waals surface area (Å²) in [5.74, 6) is 2.37. The van der Waals surface area contributed by atoms with E-state index in [1.165, 1.54) is 38.4 Å². The molecular formula is C16H9N3S4.